The van der Waals surface area contributed by atoms with Crippen molar-refractivity contribution in [3.63, 3.8) is 0 Å². The molecule has 2 heterocycles. The van der Waals surface area contributed by atoms with Gasteiger partial charge in [0.1, 0.15) is 0 Å². The largest absolute Gasteiger partial charge is 0.377 e. The Morgan fingerprint density at radius 2 is 2.04 bits per heavy atom. The van der Waals surface area contributed by atoms with E-state index in [0.29, 0.717) is 19.3 Å². The van der Waals surface area contributed by atoms with E-state index in [1.54, 1.807) is 0 Å². The van der Waals surface area contributed by atoms with Gasteiger partial charge in [0.2, 0.25) is 0 Å². The predicted octanol–water partition coefficient (Wildman–Crippen LogP) is 1.95. The lowest BCUT2D eigenvalue weighted by molar-refractivity contribution is 0.0199. The van der Waals surface area contributed by atoms with Crippen LogP contribution < -0.4 is 5.32 Å². The van der Waals surface area contributed by atoms with Crippen molar-refractivity contribution in [1.29, 1.82) is 0 Å². The molecule has 0 spiro atoms. The molecule has 27 heavy (non-hydrogen) atoms. The Morgan fingerprint density at radius 3 is 2.70 bits per heavy atom. The Morgan fingerprint density at radius 1 is 1.15 bits per heavy atom. The summed E-state index contributed by atoms with van der Waals surface area (Å²) in [5.74, 6) is 3.09. The summed E-state index contributed by atoms with van der Waals surface area (Å²) in [5.41, 5.74) is 0. The van der Waals surface area contributed by atoms with Crippen molar-refractivity contribution in [2.45, 2.75) is 57.6 Å². The Bertz CT molecular complexity index is 487. The van der Waals surface area contributed by atoms with E-state index in [0.717, 1.165) is 63.0 Å². The molecule has 4 fully saturated rings. The second-order valence-electron chi connectivity index (χ2n) is 8.71. The molecule has 6 nitrogen and oxygen atoms in total. The number of nitrogens with zero attached hydrogens (tertiary/aromatic N) is 3. The van der Waals surface area contributed by atoms with Crippen molar-refractivity contribution >= 4 is 5.96 Å². The van der Waals surface area contributed by atoms with Crippen LogP contribution in [0, 0.1) is 11.8 Å². The summed E-state index contributed by atoms with van der Waals surface area (Å²) in [6.07, 6.45) is 8.55. The van der Waals surface area contributed by atoms with Gasteiger partial charge in [0.15, 0.2) is 5.96 Å². The zero-order chi connectivity index (χ0) is 18.5. The monoisotopic (exact) mass is 378 g/mol. The molecule has 0 amide bonds. The van der Waals surface area contributed by atoms with Gasteiger partial charge in [-0.3, -0.25) is 9.89 Å². The third-order valence-corrected chi connectivity index (χ3v) is 6.94. The second kappa shape index (κ2) is 9.57. The van der Waals surface area contributed by atoms with Crippen LogP contribution in [0.4, 0.5) is 0 Å². The van der Waals surface area contributed by atoms with E-state index in [9.17, 15) is 0 Å². The minimum atomic E-state index is 0.307. The van der Waals surface area contributed by atoms with Gasteiger partial charge >= 0.3 is 0 Å². The molecule has 4 aliphatic rings. The Hall–Kier alpha value is -0.850. The number of ether oxygens (including phenoxy) is 2. The Kier molecular flexibility index (Phi) is 6.90. The molecule has 1 N–H and O–H groups in total. The van der Waals surface area contributed by atoms with Crippen LogP contribution in [0.5, 0.6) is 0 Å². The van der Waals surface area contributed by atoms with Gasteiger partial charge in [0.05, 0.1) is 25.9 Å². The van der Waals surface area contributed by atoms with E-state index in [2.05, 4.69) is 22.0 Å². The first-order chi connectivity index (χ1) is 13.3. The topological polar surface area (TPSA) is 49.3 Å². The Balaban J connectivity index is 1.19. The smallest absolute Gasteiger partial charge is 0.194 e. The molecule has 0 aromatic heterocycles. The van der Waals surface area contributed by atoms with Gasteiger partial charge in [0, 0.05) is 45.4 Å². The van der Waals surface area contributed by atoms with Crippen molar-refractivity contribution in [3.8, 4) is 0 Å². The molecule has 2 saturated heterocycles. The molecule has 0 aromatic rings. The first-order valence-corrected chi connectivity index (χ1v) is 11.3. The van der Waals surface area contributed by atoms with Gasteiger partial charge in [-0.05, 0) is 50.9 Å². The zero-order valence-electron chi connectivity index (χ0n) is 17.1. The standard InChI is InChI=1S/C21H38N4O2/c1-2-22-21(23-7-13-26-16-19-4-3-12-27-19)25-10-8-24(9-11-25)20-15-17-5-6-18(20)14-17/h17-20H,2-16H2,1H3,(H,22,23). The highest BCUT2D eigenvalue weighted by molar-refractivity contribution is 5.80. The average Bonchev–Trinajstić information content (AvgIpc) is 3.45. The molecule has 2 saturated carbocycles. The normalized spacial score (nSPS) is 34.6. The van der Waals surface area contributed by atoms with Gasteiger partial charge in [-0.25, -0.2) is 0 Å². The summed E-state index contributed by atoms with van der Waals surface area (Å²) in [5, 5.41) is 3.47. The van der Waals surface area contributed by atoms with Crippen LogP contribution >= 0.6 is 0 Å². The third kappa shape index (κ3) is 4.96. The average molecular weight is 379 g/mol. The predicted molar refractivity (Wildman–Crippen MR) is 108 cm³/mol. The van der Waals surface area contributed by atoms with Gasteiger partial charge in [0.25, 0.3) is 0 Å². The number of guanidine groups is 1. The SMILES string of the molecule is CCNC(=NCCOCC1CCCO1)N1CCN(C2CC3CCC2C3)CC1. The molecule has 4 rings (SSSR count). The van der Waals surface area contributed by atoms with E-state index in [4.69, 9.17) is 14.5 Å². The molecule has 2 bridgehead atoms. The van der Waals surface area contributed by atoms with E-state index in [-0.39, 0.29) is 0 Å². The van der Waals surface area contributed by atoms with Crippen LogP contribution in [0.25, 0.3) is 0 Å². The summed E-state index contributed by atoms with van der Waals surface area (Å²) in [4.78, 5) is 10.0. The maximum absolute atomic E-state index is 5.76. The highest BCUT2D eigenvalue weighted by Crippen LogP contribution is 2.46. The fourth-order valence-corrected chi connectivity index (χ4v) is 5.56. The molecular formula is C21H38N4O2. The van der Waals surface area contributed by atoms with E-state index < -0.39 is 0 Å². The van der Waals surface area contributed by atoms with Gasteiger partial charge in [-0.1, -0.05) is 6.42 Å². The van der Waals surface area contributed by atoms with E-state index in [1.807, 2.05) is 0 Å². The van der Waals surface area contributed by atoms with Crippen LogP contribution in [-0.2, 0) is 9.47 Å². The molecule has 4 unspecified atom stereocenters. The maximum Gasteiger partial charge on any atom is 0.194 e. The summed E-state index contributed by atoms with van der Waals surface area (Å²) in [6, 6.07) is 0.872. The van der Waals surface area contributed by atoms with Crippen LogP contribution in [0.1, 0.15) is 45.4 Å². The highest BCUT2D eigenvalue weighted by Gasteiger charge is 2.42. The molecule has 0 aromatic carbocycles. The lowest BCUT2D eigenvalue weighted by atomic mass is 9.93. The molecule has 4 atom stereocenters. The van der Waals surface area contributed by atoms with Crippen molar-refractivity contribution in [1.82, 2.24) is 15.1 Å². The van der Waals surface area contributed by atoms with Crippen molar-refractivity contribution in [2.75, 3.05) is 59.1 Å². The first-order valence-electron chi connectivity index (χ1n) is 11.3. The molecular weight excluding hydrogens is 340 g/mol. The number of hydrogen-bond donors (Lipinski definition) is 1. The lowest BCUT2D eigenvalue weighted by Crippen LogP contribution is -2.55. The number of rotatable bonds is 7. The lowest BCUT2D eigenvalue weighted by Gasteiger charge is -2.42. The van der Waals surface area contributed by atoms with Gasteiger partial charge < -0.3 is 19.7 Å². The van der Waals surface area contributed by atoms with Gasteiger partial charge in [-0.2, -0.15) is 0 Å². The minimum absolute atomic E-state index is 0.307. The molecule has 2 aliphatic heterocycles. The molecule has 154 valence electrons. The number of piperazine rings is 1. The van der Waals surface area contributed by atoms with Crippen LogP contribution in [0.2, 0.25) is 0 Å². The molecule has 6 heteroatoms. The molecule has 2 aliphatic carbocycles. The van der Waals surface area contributed by atoms with Crippen LogP contribution in [-0.4, -0.2) is 87.0 Å². The summed E-state index contributed by atoms with van der Waals surface area (Å²) >= 11 is 0. The maximum atomic E-state index is 5.76. The van der Waals surface area contributed by atoms with E-state index >= 15 is 0 Å². The first kappa shape index (κ1) is 19.5. The van der Waals surface area contributed by atoms with Crippen molar-refractivity contribution in [3.05, 3.63) is 0 Å². The minimum Gasteiger partial charge on any atom is -0.377 e. The second-order valence-corrected chi connectivity index (χ2v) is 8.71. The van der Waals surface area contributed by atoms with Crippen molar-refractivity contribution < 1.29 is 9.47 Å². The summed E-state index contributed by atoms with van der Waals surface area (Å²) < 4.78 is 11.4. The number of fused-ring (bicyclic) bond motifs is 2. The molecule has 0 radical (unpaired) electrons. The fraction of sp³-hybridized carbons (Fsp3) is 0.952. The fourth-order valence-electron chi connectivity index (χ4n) is 5.56. The van der Waals surface area contributed by atoms with Gasteiger partial charge in [-0.15, -0.1) is 0 Å². The summed E-state index contributed by atoms with van der Waals surface area (Å²) in [7, 11) is 0. The van der Waals surface area contributed by atoms with E-state index in [1.165, 1.54) is 45.2 Å². The quantitative estimate of drug-likeness (QED) is 0.417. The number of hydrogen-bond acceptors (Lipinski definition) is 4. The summed E-state index contributed by atoms with van der Waals surface area (Å²) in [6.45, 7) is 10.6. The number of aliphatic imine (C=N–C) groups is 1. The third-order valence-electron chi connectivity index (χ3n) is 6.94. The number of nitrogens with one attached hydrogen (secondary N) is 1. The van der Waals surface area contributed by atoms with Crippen LogP contribution in [0.15, 0.2) is 4.99 Å². The van der Waals surface area contributed by atoms with Crippen LogP contribution in [0.3, 0.4) is 0 Å². The zero-order valence-corrected chi connectivity index (χ0v) is 17.1. The Labute approximate surface area is 164 Å². The highest BCUT2D eigenvalue weighted by atomic mass is 16.5. The van der Waals surface area contributed by atoms with Crippen molar-refractivity contribution in [2.24, 2.45) is 16.8 Å².